The molecule has 0 aliphatic rings. The van der Waals surface area contributed by atoms with Crippen LogP contribution in [0.25, 0.3) is 10.9 Å². The van der Waals surface area contributed by atoms with Crippen molar-refractivity contribution in [1.29, 1.82) is 0 Å². The molecule has 1 heterocycles. The third-order valence-corrected chi connectivity index (χ3v) is 2.09. The summed E-state index contributed by atoms with van der Waals surface area (Å²) in [5.74, 6) is 0. The lowest BCUT2D eigenvalue weighted by Crippen LogP contribution is -1.80. The maximum absolute atomic E-state index is 9.18. The molecule has 0 radical (unpaired) electrons. The SMILES string of the molecule is CCOC=O.Clc1cccc2cc[nH]c12. The highest BCUT2D eigenvalue weighted by molar-refractivity contribution is 6.35. The highest BCUT2D eigenvalue weighted by Gasteiger charge is 1.95. The summed E-state index contributed by atoms with van der Waals surface area (Å²) in [5.41, 5.74) is 1.02. The highest BCUT2D eigenvalue weighted by atomic mass is 35.5. The van der Waals surface area contributed by atoms with Crippen molar-refractivity contribution in [1.82, 2.24) is 4.98 Å². The summed E-state index contributed by atoms with van der Waals surface area (Å²) >= 11 is 5.87. The molecule has 2 rings (SSSR count). The van der Waals surface area contributed by atoms with Crippen molar-refractivity contribution in [2.75, 3.05) is 6.61 Å². The molecule has 0 spiro atoms. The van der Waals surface area contributed by atoms with Crippen LogP contribution in [0.15, 0.2) is 30.5 Å². The van der Waals surface area contributed by atoms with Gasteiger partial charge in [-0.1, -0.05) is 23.7 Å². The second-order valence-corrected chi connectivity index (χ2v) is 3.14. The van der Waals surface area contributed by atoms with Crippen LogP contribution >= 0.6 is 11.6 Å². The zero-order valence-corrected chi connectivity index (χ0v) is 9.12. The van der Waals surface area contributed by atoms with Crippen LogP contribution in [0, 0.1) is 0 Å². The molecule has 80 valence electrons. The van der Waals surface area contributed by atoms with E-state index in [4.69, 9.17) is 11.6 Å². The molecule has 0 atom stereocenters. The van der Waals surface area contributed by atoms with Gasteiger partial charge in [-0.15, -0.1) is 0 Å². The Bertz CT molecular complexity index is 425. The number of hydrogen-bond donors (Lipinski definition) is 1. The summed E-state index contributed by atoms with van der Waals surface area (Å²) < 4.78 is 4.15. The minimum absolute atomic E-state index is 0.431. The standard InChI is InChI=1S/C8H6ClN.C3H6O2/c9-7-3-1-2-6-4-5-10-8(6)7;1-2-5-3-4/h1-5,10H;3H,2H2,1H3. The summed E-state index contributed by atoms with van der Waals surface area (Å²) in [6.07, 6.45) is 1.89. The molecule has 1 N–H and O–H groups in total. The summed E-state index contributed by atoms with van der Waals surface area (Å²) in [4.78, 5) is 12.2. The number of carbonyl (C=O) groups excluding carboxylic acids is 1. The largest absolute Gasteiger partial charge is 0.468 e. The van der Waals surface area contributed by atoms with Gasteiger partial charge in [-0.25, -0.2) is 0 Å². The van der Waals surface area contributed by atoms with Gasteiger partial charge < -0.3 is 9.72 Å². The highest BCUT2D eigenvalue weighted by Crippen LogP contribution is 2.20. The molecule has 0 bridgehead atoms. The number of rotatable bonds is 2. The van der Waals surface area contributed by atoms with Crippen molar-refractivity contribution in [3.8, 4) is 0 Å². The van der Waals surface area contributed by atoms with Gasteiger partial charge in [0.1, 0.15) is 0 Å². The van der Waals surface area contributed by atoms with E-state index in [1.807, 2.05) is 30.5 Å². The molecule has 3 nitrogen and oxygen atoms in total. The summed E-state index contributed by atoms with van der Waals surface area (Å²) in [6.45, 7) is 2.66. The van der Waals surface area contributed by atoms with Crippen molar-refractivity contribution in [3.63, 3.8) is 0 Å². The van der Waals surface area contributed by atoms with Gasteiger partial charge in [0.15, 0.2) is 0 Å². The van der Waals surface area contributed by atoms with Crippen LogP contribution in [0.2, 0.25) is 5.02 Å². The third-order valence-electron chi connectivity index (χ3n) is 1.77. The fourth-order valence-corrected chi connectivity index (χ4v) is 1.35. The van der Waals surface area contributed by atoms with E-state index >= 15 is 0 Å². The minimum atomic E-state index is 0.431. The van der Waals surface area contributed by atoms with Crippen LogP contribution in [0.1, 0.15) is 6.92 Å². The van der Waals surface area contributed by atoms with Crippen molar-refractivity contribution < 1.29 is 9.53 Å². The van der Waals surface area contributed by atoms with Crippen molar-refractivity contribution >= 4 is 29.0 Å². The second-order valence-electron chi connectivity index (χ2n) is 2.73. The summed E-state index contributed by atoms with van der Waals surface area (Å²) in [6, 6.07) is 7.85. The number of benzene rings is 1. The lowest BCUT2D eigenvalue weighted by atomic mass is 10.2. The van der Waals surface area contributed by atoms with E-state index < -0.39 is 0 Å². The van der Waals surface area contributed by atoms with Crippen LogP contribution in [0.3, 0.4) is 0 Å². The monoisotopic (exact) mass is 225 g/mol. The average molecular weight is 226 g/mol. The van der Waals surface area contributed by atoms with Crippen LogP contribution < -0.4 is 0 Å². The van der Waals surface area contributed by atoms with E-state index in [9.17, 15) is 4.79 Å². The number of halogens is 1. The Balaban J connectivity index is 0.000000195. The Labute approximate surface area is 93.0 Å². The first-order valence-electron chi connectivity index (χ1n) is 4.56. The first kappa shape index (κ1) is 11.6. The molecule has 0 amide bonds. The van der Waals surface area contributed by atoms with Crippen LogP contribution in [0.5, 0.6) is 0 Å². The fraction of sp³-hybridized carbons (Fsp3) is 0.182. The van der Waals surface area contributed by atoms with E-state index in [0.29, 0.717) is 13.1 Å². The maximum atomic E-state index is 9.18. The van der Waals surface area contributed by atoms with E-state index in [-0.39, 0.29) is 0 Å². The Morgan fingerprint density at radius 2 is 2.27 bits per heavy atom. The molecular weight excluding hydrogens is 214 g/mol. The predicted molar refractivity (Wildman–Crippen MR) is 61.0 cm³/mol. The van der Waals surface area contributed by atoms with Crippen LogP contribution in [-0.2, 0) is 9.53 Å². The molecule has 0 unspecified atom stereocenters. The zero-order valence-electron chi connectivity index (χ0n) is 8.37. The van der Waals surface area contributed by atoms with Gasteiger partial charge >= 0.3 is 0 Å². The first-order chi connectivity index (χ1) is 7.29. The molecule has 0 aliphatic heterocycles. The Hall–Kier alpha value is -1.48. The first-order valence-corrected chi connectivity index (χ1v) is 4.94. The Kier molecular flexibility index (Phi) is 4.71. The number of aromatic amines is 1. The molecule has 0 aliphatic carbocycles. The van der Waals surface area contributed by atoms with Gasteiger partial charge in [-0.05, 0) is 19.1 Å². The van der Waals surface area contributed by atoms with Crippen molar-refractivity contribution in [2.24, 2.45) is 0 Å². The minimum Gasteiger partial charge on any atom is -0.468 e. The van der Waals surface area contributed by atoms with Crippen molar-refractivity contribution in [2.45, 2.75) is 6.92 Å². The number of carbonyl (C=O) groups is 1. The molecule has 2 aromatic rings. The van der Waals surface area contributed by atoms with Crippen LogP contribution in [-0.4, -0.2) is 18.1 Å². The fourth-order valence-electron chi connectivity index (χ4n) is 1.11. The molecule has 1 aromatic heterocycles. The Morgan fingerprint density at radius 3 is 2.80 bits per heavy atom. The Morgan fingerprint density at radius 1 is 1.47 bits per heavy atom. The number of aromatic nitrogens is 1. The lowest BCUT2D eigenvalue weighted by Gasteiger charge is -1.90. The second kappa shape index (κ2) is 6.09. The number of hydrogen-bond acceptors (Lipinski definition) is 2. The summed E-state index contributed by atoms with van der Waals surface area (Å²) in [7, 11) is 0. The number of ether oxygens (including phenoxy) is 1. The molecule has 15 heavy (non-hydrogen) atoms. The van der Waals surface area contributed by atoms with Gasteiger partial charge in [0.25, 0.3) is 6.47 Å². The quantitative estimate of drug-likeness (QED) is 0.799. The third kappa shape index (κ3) is 3.29. The zero-order chi connectivity index (χ0) is 11.1. The van der Waals surface area contributed by atoms with E-state index in [1.54, 1.807) is 6.92 Å². The number of fused-ring (bicyclic) bond motifs is 1. The smallest absolute Gasteiger partial charge is 0.293 e. The van der Waals surface area contributed by atoms with E-state index in [1.165, 1.54) is 0 Å². The normalized spacial score (nSPS) is 9.20. The number of nitrogens with one attached hydrogen (secondary N) is 1. The van der Waals surface area contributed by atoms with E-state index in [0.717, 1.165) is 15.9 Å². The number of para-hydroxylation sites is 1. The number of H-pyrrole nitrogens is 1. The van der Waals surface area contributed by atoms with Gasteiger partial charge in [-0.2, -0.15) is 0 Å². The molecule has 4 heteroatoms. The van der Waals surface area contributed by atoms with Crippen LogP contribution in [0.4, 0.5) is 0 Å². The van der Waals surface area contributed by atoms with Gasteiger partial charge in [-0.3, -0.25) is 4.79 Å². The van der Waals surface area contributed by atoms with E-state index in [2.05, 4.69) is 9.72 Å². The molecule has 0 saturated carbocycles. The molecular formula is C11H12ClNO2. The van der Waals surface area contributed by atoms with Gasteiger partial charge in [0.05, 0.1) is 17.1 Å². The topological polar surface area (TPSA) is 42.1 Å². The predicted octanol–water partition coefficient (Wildman–Crippen LogP) is 3.00. The maximum Gasteiger partial charge on any atom is 0.293 e. The van der Waals surface area contributed by atoms with Crippen molar-refractivity contribution in [3.05, 3.63) is 35.5 Å². The molecule has 1 aromatic carbocycles. The molecule has 0 saturated heterocycles. The van der Waals surface area contributed by atoms with Gasteiger partial charge in [0, 0.05) is 11.6 Å². The van der Waals surface area contributed by atoms with Gasteiger partial charge in [0.2, 0.25) is 0 Å². The summed E-state index contributed by atoms with van der Waals surface area (Å²) in [5, 5.41) is 1.94. The average Bonchev–Trinajstić information content (AvgIpc) is 2.69. The molecule has 0 fully saturated rings. The lowest BCUT2D eigenvalue weighted by molar-refractivity contribution is -0.128.